The molecule has 0 fully saturated rings. The quantitative estimate of drug-likeness (QED) is 0.388. The molecule has 11 heteroatoms. The largest absolute Gasteiger partial charge is 0.358 e. The first kappa shape index (κ1) is 20.9. The van der Waals surface area contributed by atoms with Crippen molar-refractivity contribution in [2.75, 3.05) is 0 Å². The summed E-state index contributed by atoms with van der Waals surface area (Å²) in [6.07, 6.45) is 0. The van der Waals surface area contributed by atoms with Gasteiger partial charge in [0.2, 0.25) is 4.96 Å². The smallest absolute Gasteiger partial charge is 0.258 e. The van der Waals surface area contributed by atoms with Crippen molar-refractivity contribution in [1.82, 2.24) is 30.4 Å². The molecule has 0 radical (unpaired) electrons. The molecule has 0 bridgehead atoms. The molecule has 0 spiro atoms. The van der Waals surface area contributed by atoms with Crippen molar-refractivity contribution in [2.45, 2.75) is 13.5 Å². The minimum Gasteiger partial charge on any atom is -0.358 e. The van der Waals surface area contributed by atoms with Crippen LogP contribution in [0.15, 0.2) is 46.9 Å². The highest BCUT2D eigenvalue weighted by atomic mass is 79.9. The number of hydrogen-bond acceptors (Lipinski definition) is 6. The first-order chi connectivity index (χ1) is 14.4. The topological polar surface area (TPSA) is 84.2 Å². The first-order valence-electron chi connectivity index (χ1n) is 8.73. The predicted molar refractivity (Wildman–Crippen MR) is 125 cm³/mol. The number of carbonyl (C=O) groups is 1. The maximum absolute atomic E-state index is 12.4. The molecule has 30 heavy (non-hydrogen) atoms. The predicted octanol–water partition coefficient (Wildman–Crippen LogP) is 4.38. The van der Waals surface area contributed by atoms with Gasteiger partial charge in [-0.1, -0.05) is 63.1 Å². The number of aryl methyl sites for hydroxylation is 1. The molecule has 0 aliphatic rings. The van der Waals surface area contributed by atoms with Crippen molar-refractivity contribution < 1.29 is 4.79 Å². The van der Waals surface area contributed by atoms with Gasteiger partial charge in [0.15, 0.2) is 10.9 Å². The van der Waals surface area contributed by atoms with Gasteiger partial charge >= 0.3 is 0 Å². The van der Waals surface area contributed by atoms with Crippen molar-refractivity contribution >= 4 is 67.1 Å². The zero-order valence-corrected chi connectivity index (χ0v) is 19.5. The first-order valence-corrected chi connectivity index (χ1v) is 11.1. The summed E-state index contributed by atoms with van der Waals surface area (Å²) in [5.74, 6) is 0.390. The van der Waals surface area contributed by atoms with Crippen LogP contribution in [-0.4, -0.2) is 30.8 Å². The van der Waals surface area contributed by atoms with E-state index >= 15 is 0 Å². The molecule has 2 aromatic heterocycles. The van der Waals surface area contributed by atoms with E-state index in [1.165, 1.54) is 11.3 Å². The summed E-state index contributed by atoms with van der Waals surface area (Å²) >= 11 is 16.1. The number of hydrogen-bond donors (Lipinski definition) is 2. The Balaban J connectivity index is 1.36. The Morgan fingerprint density at radius 3 is 2.73 bits per heavy atom. The number of aromatic nitrogens is 4. The van der Waals surface area contributed by atoms with E-state index in [0.29, 0.717) is 17.1 Å². The minimum atomic E-state index is -0.368. The standard InChI is InChI=1S/C19H14BrClN6OS2/c1-10-24-25-19-27(10)26-17(30-19)12-4-2-11(3-5-12)9-22-18(29)23-16(28)14-8-13(20)6-7-15(14)21/h2-8H,9H2,1H3,(H2,22,23,28,29). The number of carbonyl (C=O) groups excluding carboxylic acids is 1. The van der Waals surface area contributed by atoms with Crippen LogP contribution in [0.25, 0.3) is 15.5 Å². The third-order valence-electron chi connectivity index (χ3n) is 4.20. The lowest BCUT2D eigenvalue weighted by Crippen LogP contribution is -2.38. The summed E-state index contributed by atoms with van der Waals surface area (Å²) in [5, 5.41) is 19.7. The van der Waals surface area contributed by atoms with E-state index in [2.05, 4.69) is 41.9 Å². The fraction of sp³-hybridized carbons (Fsp3) is 0.105. The molecule has 0 unspecified atom stereocenters. The van der Waals surface area contributed by atoms with Gasteiger partial charge in [-0.05, 0) is 42.9 Å². The molecule has 4 rings (SSSR count). The Bertz CT molecular complexity index is 1250. The maximum atomic E-state index is 12.4. The van der Waals surface area contributed by atoms with Gasteiger partial charge < -0.3 is 5.32 Å². The number of halogens is 2. The van der Waals surface area contributed by atoms with E-state index in [1.54, 1.807) is 22.7 Å². The van der Waals surface area contributed by atoms with E-state index in [9.17, 15) is 4.79 Å². The molecule has 152 valence electrons. The normalized spacial score (nSPS) is 10.9. The zero-order chi connectivity index (χ0) is 21.3. The Labute approximate surface area is 194 Å². The van der Waals surface area contributed by atoms with Gasteiger partial charge in [-0.2, -0.15) is 9.61 Å². The van der Waals surface area contributed by atoms with E-state index < -0.39 is 0 Å². The van der Waals surface area contributed by atoms with E-state index in [0.717, 1.165) is 31.4 Å². The van der Waals surface area contributed by atoms with Gasteiger partial charge in [0.1, 0.15) is 5.01 Å². The fourth-order valence-corrected chi connectivity index (χ4v) is 4.28. The maximum Gasteiger partial charge on any atom is 0.258 e. The number of benzene rings is 2. The molecule has 7 nitrogen and oxygen atoms in total. The third-order valence-corrected chi connectivity index (χ3v) is 6.22. The average Bonchev–Trinajstić information content (AvgIpc) is 3.31. The minimum absolute atomic E-state index is 0.226. The molecule has 0 saturated carbocycles. The second-order valence-corrected chi connectivity index (χ2v) is 8.99. The Kier molecular flexibility index (Phi) is 6.09. The lowest BCUT2D eigenvalue weighted by molar-refractivity contribution is 0.0976. The van der Waals surface area contributed by atoms with Crippen LogP contribution in [0.5, 0.6) is 0 Å². The highest BCUT2D eigenvalue weighted by Gasteiger charge is 2.13. The zero-order valence-electron chi connectivity index (χ0n) is 15.5. The van der Waals surface area contributed by atoms with Crippen LogP contribution >= 0.6 is 51.1 Å². The molecule has 0 aliphatic carbocycles. The number of nitrogens with zero attached hydrogens (tertiary/aromatic N) is 4. The molecule has 2 N–H and O–H groups in total. The van der Waals surface area contributed by atoms with Gasteiger partial charge in [-0.25, -0.2) is 0 Å². The number of rotatable bonds is 4. The van der Waals surface area contributed by atoms with Crippen molar-refractivity contribution in [1.29, 1.82) is 0 Å². The van der Waals surface area contributed by atoms with Crippen LogP contribution in [0.4, 0.5) is 0 Å². The summed E-state index contributed by atoms with van der Waals surface area (Å²) in [5.41, 5.74) is 2.35. The number of amides is 1. The summed E-state index contributed by atoms with van der Waals surface area (Å²) in [6.45, 7) is 2.33. The molecule has 0 saturated heterocycles. The van der Waals surface area contributed by atoms with E-state index in [1.807, 2.05) is 31.2 Å². The summed E-state index contributed by atoms with van der Waals surface area (Å²) < 4.78 is 2.49. The third kappa shape index (κ3) is 4.51. The highest BCUT2D eigenvalue weighted by Crippen LogP contribution is 2.25. The molecule has 1 amide bonds. The Morgan fingerprint density at radius 2 is 2.00 bits per heavy atom. The van der Waals surface area contributed by atoms with Crippen LogP contribution in [0, 0.1) is 6.92 Å². The summed E-state index contributed by atoms with van der Waals surface area (Å²) in [4.78, 5) is 13.1. The summed E-state index contributed by atoms with van der Waals surface area (Å²) in [6, 6.07) is 13.0. The molecule has 0 atom stereocenters. The van der Waals surface area contributed by atoms with Crippen LogP contribution in [0.2, 0.25) is 5.02 Å². The second-order valence-electron chi connectivity index (χ2n) is 6.31. The molecule has 2 aromatic carbocycles. The van der Waals surface area contributed by atoms with E-state index in [-0.39, 0.29) is 11.0 Å². The average molecular weight is 522 g/mol. The van der Waals surface area contributed by atoms with Crippen LogP contribution in [0.3, 0.4) is 0 Å². The number of nitrogens with one attached hydrogen (secondary N) is 2. The number of thiocarbonyl (C=S) groups is 1. The fourth-order valence-electron chi connectivity index (χ4n) is 2.67. The van der Waals surface area contributed by atoms with Crippen molar-refractivity contribution in [3.8, 4) is 10.6 Å². The summed E-state index contributed by atoms with van der Waals surface area (Å²) in [7, 11) is 0. The van der Waals surface area contributed by atoms with Crippen molar-refractivity contribution in [3.63, 3.8) is 0 Å². The Hall–Kier alpha value is -2.40. The van der Waals surface area contributed by atoms with Gasteiger partial charge in [0.05, 0.1) is 10.6 Å². The monoisotopic (exact) mass is 520 g/mol. The van der Waals surface area contributed by atoms with Gasteiger partial charge in [0, 0.05) is 16.6 Å². The van der Waals surface area contributed by atoms with Gasteiger partial charge in [0.25, 0.3) is 5.91 Å². The van der Waals surface area contributed by atoms with Gasteiger partial charge in [-0.15, -0.1) is 10.2 Å². The second kappa shape index (κ2) is 8.76. The van der Waals surface area contributed by atoms with Crippen LogP contribution < -0.4 is 10.6 Å². The molecular formula is C19H14BrClN6OS2. The van der Waals surface area contributed by atoms with Crippen molar-refractivity contribution in [2.24, 2.45) is 0 Å². The SMILES string of the molecule is Cc1nnc2sc(-c3ccc(CNC(=S)NC(=O)c4cc(Br)ccc4Cl)cc3)nn12. The highest BCUT2D eigenvalue weighted by molar-refractivity contribution is 9.10. The van der Waals surface area contributed by atoms with Gasteiger partial charge in [-0.3, -0.25) is 10.1 Å². The Morgan fingerprint density at radius 1 is 1.23 bits per heavy atom. The van der Waals surface area contributed by atoms with Crippen molar-refractivity contribution in [3.05, 3.63) is 68.9 Å². The molecule has 2 heterocycles. The molecule has 0 aliphatic heterocycles. The lowest BCUT2D eigenvalue weighted by Gasteiger charge is -2.11. The molecular weight excluding hydrogens is 508 g/mol. The van der Waals surface area contributed by atoms with Crippen LogP contribution in [-0.2, 0) is 6.54 Å². The number of fused-ring (bicyclic) bond motifs is 1. The van der Waals surface area contributed by atoms with E-state index in [4.69, 9.17) is 23.8 Å². The lowest BCUT2D eigenvalue weighted by atomic mass is 10.1. The van der Waals surface area contributed by atoms with Crippen LogP contribution in [0.1, 0.15) is 21.7 Å². The molecule has 4 aromatic rings.